The van der Waals surface area contributed by atoms with Crippen LogP contribution in [0.5, 0.6) is 0 Å². The first-order valence-corrected chi connectivity index (χ1v) is 6.72. The Bertz CT molecular complexity index is 341. The maximum absolute atomic E-state index is 10.9. The highest BCUT2D eigenvalue weighted by Crippen LogP contribution is 2.57. The highest BCUT2D eigenvalue weighted by atomic mass is 31.3. The second kappa shape index (κ2) is 5.72. The fourth-order valence-corrected chi connectivity index (χ4v) is 2.03. The van der Waals surface area contributed by atoms with Gasteiger partial charge in [0.1, 0.15) is 0 Å². The van der Waals surface area contributed by atoms with Crippen LogP contribution in [0.15, 0.2) is 24.3 Å². The van der Waals surface area contributed by atoms with Gasteiger partial charge in [0.15, 0.2) is 0 Å². The van der Waals surface area contributed by atoms with Crippen molar-refractivity contribution in [2.24, 2.45) is 0 Å². The minimum Gasteiger partial charge on any atom is -0.302 e. The van der Waals surface area contributed by atoms with E-state index in [1.165, 1.54) is 12.2 Å². The standard InChI is InChI=1S/C6H12O7P2/c1-3-6(2)4-5-12-15(10,11)13-14(7,8)9/h3-4H,1,5H2,2H3,(H,10,11)(H2,7,8,9)/b6-4+. The Morgan fingerprint density at radius 3 is 2.33 bits per heavy atom. The first-order valence-electron chi connectivity index (χ1n) is 3.70. The third kappa shape index (κ3) is 8.72. The van der Waals surface area contributed by atoms with Crippen molar-refractivity contribution in [2.75, 3.05) is 6.61 Å². The lowest BCUT2D eigenvalue weighted by molar-refractivity contribution is 0.191. The van der Waals surface area contributed by atoms with Gasteiger partial charge in [-0.15, -0.1) is 0 Å². The van der Waals surface area contributed by atoms with Crippen LogP contribution in [-0.4, -0.2) is 21.3 Å². The zero-order valence-electron chi connectivity index (χ0n) is 7.94. The molecule has 0 fully saturated rings. The molecule has 7 nitrogen and oxygen atoms in total. The number of phosphoric acid groups is 2. The maximum Gasteiger partial charge on any atom is 0.481 e. The summed E-state index contributed by atoms with van der Waals surface area (Å²) in [4.78, 5) is 25.3. The maximum atomic E-state index is 10.9. The van der Waals surface area contributed by atoms with Crippen molar-refractivity contribution in [1.29, 1.82) is 0 Å². The summed E-state index contributed by atoms with van der Waals surface area (Å²) in [5.74, 6) is 0. The van der Waals surface area contributed by atoms with Gasteiger partial charge >= 0.3 is 15.6 Å². The van der Waals surface area contributed by atoms with Crippen LogP contribution in [0, 0.1) is 0 Å². The summed E-state index contributed by atoms with van der Waals surface area (Å²) >= 11 is 0. The minimum atomic E-state index is -5.04. The van der Waals surface area contributed by atoms with E-state index in [2.05, 4.69) is 15.4 Å². The molecule has 88 valence electrons. The van der Waals surface area contributed by atoms with Gasteiger partial charge in [-0.1, -0.05) is 24.3 Å². The molecule has 0 saturated carbocycles. The van der Waals surface area contributed by atoms with E-state index >= 15 is 0 Å². The van der Waals surface area contributed by atoms with Crippen LogP contribution >= 0.6 is 15.6 Å². The first-order chi connectivity index (χ1) is 6.66. The number of rotatable bonds is 6. The molecule has 0 aromatic carbocycles. The predicted molar refractivity (Wildman–Crippen MR) is 52.9 cm³/mol. The normalized spacial score (nSPS) is 17.2. The van der Waals surface area contributed by atoms with E-state index in [0.29, 0.717) is 5.57 Å². The first kappa shape index (κ1) is 14.7. The monoisotopic (exact) mass is 258 g/mol. The fourth-order valence-electron chi connectivity index (χ4n) is 0.504. The highest BCUT2D eigenvalue weighted by molar-refractivity contribution is 7.60. The SMILES string of the molecule is C=C/C(C)=C/COP(=O)(O)OP(=O)(O)O. The van der Waals surface area contributed by atoms with E-state index in [0.717, 1.165) is 0 Å². The van der Waals surface area contributed by atoms with Gasteiger partial charge in [0, 0.05) is 0 Å². The molecule has 0 saturated heterocycles. The molecule has 0 aliphatic rings. The van der Waals surface area contributed by atoms with E-state index in [4.69, 9.17) is 14.7 Å². The van der Waals surface area contributed by atoms with E-state index in [1.807, 2.05) is 0 Å². The largest absolute Gasteiger partial charge is 0.481 e. The molecular weight excluding hydrogens is 246 g/mol. The quantitative estimate of drug-likeness (QED) is 0.486. The average Bonchev–Trinajstić information content (AvgIpc) is 1.98. The van der Waals surface area contributed by atoms with Crippen molar-refractivity contribution in [3.63, 3.8) is 0 Å². The van der Waals surface area contributed by atoms with Gasteiger partial charge in [-0.2, -0.15) is 4.31 Å². The minimum absolute atomic E-state index is 0.314. The molecule has 9 heteroatoms. The van der Waals surface area contributed by atoms with Crippen molar-refractivity contribution in [3.8, 4) is 0 Å². The Labute approximate surface area is 86.9 Å². The Balaban J connectivity index is 4.23. The number of hydrogen-bond donors (Lipinski definition) is 3. The molecule has 0 bridgehead atoms. The van der Waals surface area contributed by atoms with Crippen LogP contribution in [0.1, 0.15) is 6.92 Å². The zero-order chi connectivity index (χ0) is 12.1. The van der Waals surface area contributed by atoms with Crippen molar-refractivity contribution in [3.05, 3.63) is 24.3 Å². The van der Waals surface area contributed by atoms with E-state index in [-0.39, 0.29) is 6.61 Å². The molecule has 3 N–H and O–H groups in total. The van der Waals surface area contributed by atoms with E-state index in [9.17, 15) is 9.13 Å². The molecule has 1 atom stereocenters. The molecule has 1 unspecified atom stereocenters. The lowest BCUT2D eigenvalue weighted by atomic mass is 10.3. The van der Waals surface area contributed by atoms with Crippen LogP contribution in [0.25, 0.3) is 0 Å². The fraction of sp³-hybridized carbons (Fsp3) is 0.333. The summed E-state index contributed by atoms with van der Waals surface area (Å²) in [7, 11) is -9.76. The van der Waals surface area contributed by atoms with Crippen molar-refractivity contribution < 1.29 is 32.6 Å². The molecule has 0 spiro atoms. The lowest BCUT2D eigenvalue weighted by Gasteiger charge is -2.10. The smallest absolute Gasteiger partial charge is 0.302 e. The summed E-state index contributed by atoms with van der Waals surface area (Å²) in [5.41, 5.74) is 0.686. The number of allylic oxidation sites excluding steroid dienone is 2. The van der Waals surface area contributed by atoms with Gasteiger partial charge in [-0.25, -0.2) is 9.13 Å². The van der Waals surface area contributed by atoms with Gasteiger partial charge in [0.25, 0.3) is 0 Å². The van der Waals surface area contributed by atoms with Crippen LogP contribution < -0.4 is 0 Å². The Morgan fingerprint density at radius 1 is 1.40 bits per heavy atom. The summed E-state index contributed by atoms with van der Waals surface area (Å²) in [6.07, 6.45) is 2.88. The van der Waals surface area contributed by atoms with Crippen LogP contribution in [-0.2, 0) is 18.0 Å². The summed E-state index contributed by atoms with van der Waals surface area (Å²) in [6, 6.07) is 0. The molecule has 0 aromatic heterocycles. The predicted octanol–water partition coefficient (Wildman–Crippen LogP) is 1.34. The number of hydrogen-bond acceptors (Lipinski definition) is 4. The van der Waals surface area contributed by atoms with Crippen molar-refractivity contribution >= 4 is 15.6 Å². The molecular formula is C6H12O7P2. The topological polar surface area (TPSA) is 113 Å². The zero-order valence-corrected chi connectivity index (χ0v) is 9.73. The second-order valence-corrected chi connectivity index (χ2v) is 5.32. The van der Waals surface area contributed by atoms with Crippen molar-refractivity contribution in [1.82, 2.24) is 0 Å². The average molecular weight is 258 g/mol. The summed E-state index contributed by atoms with van der Waals surface area (Å²) in [5, 5.41) is 0. The molecule has 0 amide bonds. The molecule has 0 aliphatic heterocycles. The second-order valence-electron chi connectivity index (χ2n) is 2.49. The molecule has 0 radical (unpaired) electrons. The molecule has 0 aliphatic carbocycles. The van der Waals surface area contributed by atoms with Crippen molar-refractivity contribution in [2.45, 2.75) is 6.92 Å². The highest BCUT2D eigenvalue weighted by Gasteiger charge is 2.31. The van der Waals surface area contributed by atoms with Gasteiger partial charge in [-0.05, 0) is 6.92 Å². The van der Waals surface area contributed by atoms with Gasteiger partial charge in [-0.3, -0.25) is 4.52 Å². The van der Waals surface area contributed by atoms with Crippen LogP contribution in [0.2, 0.25) is 0 Å². The van der Waals surface area contributed by atoms with E-state index in [1.54, 1.807) is 6.92 Å². The Hall–Kier alpha value is -0.260. The van der Waals surface area contributed by atoms with Crippen LogP contribution in [0.3, 0.4) is 0 Å². The molecule has 0 aromatic rings. The third-order valence-corrected chi connectivity index (χ3v) is 3.33. The molecule has 0 rings (SSSR count). The molecule has 15 heavy (non-hydrogen) atoms. The summed E-state index contributed by atoms with van der Waals surface area (Å²) < 4.78 is 28.9. The van der Waals surface area contributed by atoms with Gasteiger partial charge in [0.2, 0.25) is 0 Å². The van der Waals surface area contributed by atoms with Gasteiger partial charge in [0.05, 0.1) is 6.61 Å². The van der Waals surface area contributed by atoms with Crippen LogP contribution in [0.4, 0.5) is 0 Å². The Kier molecular flexibility index (Phi) is 5.62. The Morgan fingerprint density at radius 2 is 1.93 bits per heavy atom. The van der Waals surface area contributed by atoms with Gasteiger partial charge < -0.3 is 14.7 Å². The van der Waals surface area contributed by atoms with E-state index < -0.39 is 15.6 Å². The summed E-state index contributed by atoms with van der Waals surface area (Å²) in [6.45, 7) is 4.78. The molecule has 0 heterocycles. The lowest BCUT2D eigenvalue weighted by Crippen LogP contribution is -1.94. The third-order valence-electron chi connectivity index (χ3n) is 1.17. The number of phosphoric ester groups is 1.